The topological polar surface area (TPSA) is 39.2 Å². The molecular weight excluding hydrogens is 233 g/mol. The Hall–Kier alpha value is -2.23. The van der Waals surface area contributed by atoms with Crippen molar-refractivity contribution in [2.75, 3.05) is 6.61 Å². The molecule has 0 aliphatic carbocycles. The summed E-state index contributed by atoms with van der Waals surface area (Å²) in [5.74, 6) is 0.0803. The maximum absolute atomic E-state index is 12.8. The van der Waals surface area contributed by atoms with E-state index in [0.29, 0.717) is 17.9 Å². The second-order valence-corrected chi connectivity index (χ2v) is 3.71. The van der Waals surface area contributed by atoms with Crippen LogP contribution in [0.5, 0.6) is 5.75 Å². The lowest BCUT2D eigenvalue weighted by Gasteiger charge is -2.07. The zero-order valence-electron chi connectivity index (χ0n) is 9.89. The molecule has 0 aliphatic heterocycles. The van der Waals surface area contributed by atoms with Crippen molar-refractivity contribution in [1.29, 1.82) is 0 Å². The van der Waals surface area contributed by atoms with Gasteiger partial charge in [-0.15, -0.1) is 0 Å². The molecule has 1 heterocycles. The Bertz CT molecular complexity index is 552. The molecule has 3 nitrogen and oxygen atoms in total. The molecular formula is C14H12FNO2. The summed E-state index contributed by atoms with van der Waals surface area (Å²) in [6.07, 6.45) is 2.18. The summed E-state index contributed by atoms with van der Waals surface area (Å²) in [5, 5.41) is 0. The van der Waals surface area contributed by atoms with Crippen LogP contribution in [0.4, 0.5) is 4.39 Å². The quantitative estimate of drug-likeness (QED) is 0.613. The lowest BCUT2D eigenvalue weighted by atomic mass is 10.0. The van der Waals surface area contributed by atoms with Gasteiger partial charge in [0.2, 0.25) is 5.95 Å². The number of benzene rings is 1. The normalized spacial score (nSPS) is 10.1. The van der Waals surface area contributed by atoms with Gasteiger partial charge in [-0.05, 0) is 42.8 Å². The lowest BCUT2D eigenvalue weighted by molar-refractivity contribution is 0.112. The highest BCUT2D eigenvalue weighted by Gasteiger charge is 2.04. The van der Waals surface area contributed by atoms with Crippen LogP contribution >= 0.6 is 0 Å². The van der Waals surface area contributed by atoms with Crippen molar-refractivity contribution in [3.8, 4) is 16.9 Å². The van der Waals surface area contributed by atoms with E-state index in [0.717, 1.165) is 17.4 Å². The number of rotatable bonds is 4. The fourth-order valence-electron chi connectivity index (χ4n) is 1.65. The summed E-state index contributed by atoms with van der Waals surface area (Å²) in [4.78, 5) is 14.5. The summed E-state index contributed by atoms with van der Waals surface area (Å²) < 4.78 is 18.1. The zero-order valence-corrected chi connectivity index (χ0v) is 9.89. The number of carbonyl (C=O) groups excluding carboxylic acids is 1. The first kappa shape index (κ1) is 12.2. The van der Waals surface area contributed by atoms with Crippen LogP contribution in [-0.4, -0.2) is 17.9 Å². The number of carbonyl (C=O) groups is 1. The molecule has 0 N–H and O–H groups in total. The van der Waals surface area contributed by atoms with Gasteiger partial charge in [0.05, 0.1) is 6.61 Å². The van der Waals surface area contributed by atoms with E-state index < -0.39 is 5.95 Å². The highest BCUT2D eigenvalue weighted by atomic mass is 19.1. The SMILES string of the molecule is CCOc1cc(C=O)cc(-c2ccc(F)nc2)c1. The molecule has 4 heteroatoms. The van der Waals surface area contributed by atoms with Crippen molar-refractivity contribution in [3.63, 3.8) is 0 Å². The Morgan fingerprint density at radius 1 is 1.28 bits per heavy atom. The van der Waals surface area contributed by atoms with E-state index in [1.165, 1.54) is 12.3 Å². The van der Waals surface area contributed by atoms with Crippen LogP contribution in [0.2, 0.25) is 0 Å². The van der Waals surface area contributed by atoms with Gasteiger partial charge in [0, 0.05) is 17.3 Å². The number of aldehydes is 1. The first-order chi connectivity index (χ1) is 8.72. The molecule has 0 atom stereocenters. The maximum Gasteiger partial charge on any atom is 0.212 e. The van der Waals surface area contributed by atoms with Gasteiger partial charge >= 0.3 is 0 Å². The molecule has 0 saturated carbocycles. The number of hydrogen-bond donors (Lipinski definition) is 0. The van der Waals surface area contributed by atoms with Crippen LogP contribution < -0.4 is 4.74 Å². The molecule has 92 valence electrons. The van der Waals surface area contributed by atoms with Gasteiger partial charge in [-0.25, -0.2) is 4.98 Å². The van der Waals surface area contributed by atoms with E-state index in [-0.39, 0.29) is 0 Å². The molecule has 1 aromatic heterocycles. The average Bonchev–Trinajstić information content (AvgIpc) is 2.39. The Labute approximate surface area is 104 Å². The number of halogens is 1. The molecule has 0 radical (unpaired) electrons. The van der Waals surface area contributed by atoms with Crippen LogP contribution in [0.3, 0.4) is 0 Å². The fourth-order valence-corrected chi connectivity index (χ4v) is 1.65. The third-order valence-corrected chi connectivity index (χ3v) is 2.44. The number of nitrogens with zero attached hydrogens (tertiary/aromatic N) is 1. The van der Waals surface area contributed by atoms with E-state index >= 15 is 0 Å². The van der Waals surface area contributed by atoms with Crippen molar-refractivity contribution in [2.24, 2.45) is 0 Å². The predicted octanol–water partition coefficient (Wildman–Crippen LogP) is 3.10. The molecule has 0 amide bonds. The lowest BCUT2D eigenvalue weighted by Crippen LogP contribution is -1.94. The van der Waals surface area contributed by atoms with Gasteiger partial charge in [-0.2, -0.15) is 4.39 Å². The molecule has 0 spiro atoms. The Balaban J connectivity index is 2.45. The molecule has 2 aromatic rings. The zero-order chi connectivity index (χ0) is 13.0. The van der Waals surface area contributed by atoms with Crippen molar-refractivity contribution in [1.82, 2.24) is 4.98 Å². The number of aromatic nitrogens is 1. The second kappa shape index (κ2) is 5.40. The largest absolute Gasteiger partial charge is 0.494 e. The van der Waals surface area contributed by atoms with Gasteiger partial charge in [0.1, 0.15) is 12.0 Å². The molecule has 0 fully saturated rings. The minimum atomic E-state index is -0.532. The molecule has 18 heavy (non-hydrogen) atoms. The third-order valence-electron chi connectivity index (χ3n) is 2.44. The van der Waals surface area contributed by atoms with Gasteiger partial charge in [0.25, 0.3) is 0 Å². The van der Waals surface area contributed by atoms with Crippen LogP contribution in [0.1, 0.15) is 17.3 Å². The Morgan fingerprint density at radius 2 is 2.11 bits per heavy atom. The van der Waals surface area contributed by atoms with E-state index in [1.807, 2.05) is 6.92 Å². The standard InChI is InChI=1S/C14H12FNO2/c1-2-18-13-6-10(9-17)5-12(7-13)11-3-4-14(15)16-8-11/h3-9H,2H2,1H3. The van der Waals surface area contributed by atoms with E-state index in [1.54, 1.807) is 24.3 Å². The van der Waals surface area contributed by atoms with Crippen molar-refractivity contribution < 1.29 is 13.9 Å². The molecule has 0 unspecified atom stereocenters. The second-order valence-electron chi connectivity index (χ2n) is 3.71. The molecule has 0 bridgehead atoms. The minimum Gasteiger partial charge on any atom is -0.494 e. The van der Waals surface area contributed by atoms with Crippen LogP contribution in [0.25, 0.3) is 11.1 Å². The van der Waals surface area contributed by atoms with E-state index in [2.05, 4.69) is 4.98 Å². The summed E-state index contributed by atoms with van der Waals surface area (Å²) in [7, 11) is 0. The highest BCUT2D eigenvalue weighted by molar-refractivity contribution is 5.80. The van der Waals surface area contributed by atoms with Crippen molar-refractivity contribution in [2.45, 2.75) is 6.92 Å². The van der Waals surface area contributed by atoms with E-state index in [9.17, 15) is 9.18 Å². The summed E-state index contributed by atoms with van der Waals surface area (Å²) in [5.41, 5.74) is 2.02. The monoisotopic (exact) mass is 245 g/mol. The first-order valence-corrected chi connectivity index (χ1v) is 5.58. The third kappa shape index (κ3) is 2.71. The summed E-state index contributed by atoms with van der Waals surface area (Å²) >= 11 is 0. The van der Waals surface area contributed by atoms with Crippen LogP contribution in [0.15, 0.2) is 36.5 Å². The van der Waals surface area contributed by atoms with E-state index in [4.69, 9.17) is 4.74 Å². The summed E-state index contributed by atoms with van der Waals surface area (Å²) in [6.45, 7) is 2.39. The number of ether oxygens (including phenoxy) is 1. The first-order valence-electron chi connectivity index (χ1n) is 5.58. The van der Waals surface area contributed by atoms with Crippen LogP contribution in [0, 0.1) is 5.95 Å². The average molecular weight is 245 g/mol. The minimum absolute atomic E-state index is 0.514. The van der Waals surface area contributed by atoms with Crippen molar-refractivity contribution >= 4 is 6.29 Å². The van der Waals surface area contributed by atoms with Gasteiger partial charge in [-0.3, -0.25) is 4.79 Å². The number of hydrogen-bond acceptors (Lipinski definition) is 3. The fraction of sp³-hybridized carbons (Fsp3) is 0.143. The van der Waals surface area contributed by atoms with Gasteiger partial charge in [0.15, 0.2) is 0 Å². The highest BCUT2D eigenvalue weighted by Crippen LogP contribution is 2.25. The smallest absolute Gasteiger partial charge is 0.212 e. The van der Waals surface area contributed by atoms with Crippen LogP contribution in [-0.2, 0) is 0 Å². The molecule has 2 rings (SSSR count). The molecule has 0 aliphatic rings. The van der Waals surface area contributed by atoms with Gasteiger partial charge < -0.3 is 4.74 Å². The Kier molecular flexibility index (Phi) is 3.67. The number of pyridine rings is 1. The van der Waals surface area contributed by atoms with Gasteiger partial charge in [-0.1, -0.05) is 0 Å². The predicted molar refractivity (Wildman–Crippen MR) is 66.2 cm³/mol. The maximum atomic E-state index is 12.8. The molecule has 1 aromatic carbocycles. The summed E-state index contributed by atoms with van der Waals surface area (Å²) in [6, 6.07) is 8.07. The van der Waals surface area contributed by atoms with Crippen molar-refractivity contribution in [3.05, 3.63) is 48.0 Å². The Morgan fingerprint density at radius 3 is 2.72 bits per heavy atom. The molecule has 0 saturated heterocycles.